The van der Waals surface area contributed by atoms with Crippen LogP contribution in [0, 0.1) is 0 Å². The maximum absolute atomic E-state index is 12.5. The zero-order valence-corrected chi connectivity index (χ0v) is 21.3. The van der Waals surface area contributed by atoms with Crippen molar-refractivity contribution in [3.8, 4) is 22.8 Å². The predicted molar refractivity (Wildman–Crippen MR) is 142 cm³/mol. The molecule has 202 valence electrons. The predicted octanol–water partition coefficient (Wildman–Crippen LogP) is 2.12. The number of amides is 2. The van der Waals surface area contributed by atoms with Crippen molar-refractivity contribution in [2.75, 3.05) is 43.1 Å². The molecular weight excluding hydrogens is 502 g/mol. The Morgan fingerprint density at radius 3 is 2.97 bits per heavy atom. The molecule has 12 nitrogen and oxygen atoms in total. The van der Waals surface area contributed by atoms with Crippen molar-refractivity contribution < 1.29 is 23.8 Å². The zero-order valence-electron chi connectivity index (χ0n) is 21.3. The molecule has 0 bridgehead atoms. The van der Waals surface area contributed by atoms with E-state index in [0.29, 0.717) is 61.8 Å². The second kappa shape index (κ2) is 11.2. The van der Waals surface area contributed by atoms with E-state index in [1.54, 1.807) is 18.3 Å². The average molecular weight is 532 g/mol. The molecular formula is C27H29N7O5. The molecule has 39 heavy (non-hydrogen) atoms. The van der Waals surface area contributed by atoms with E-state index < -0.39 is 6.09 Å². The van der Waals surface area contributed by atoms with Crippen LogP contribution in [0.15, 0.2) is 48.7 Å². The van der Waals surface area contributed by atoms with Crippen LogP contribution in [0.4, 0.5) is 16.4 Å². The number of rotatable bonds is 10. The summed E-state index contributed by atoms with van der Waals surface area (Å²) >= 11 is 0. The lowest BCUT2D eigenvalue weighted by atomic mass is 10.1. The van der Waals surface area contributed by atoms with Crippen LogP contribution in [0.1, 0.15) is 18.4 Å². The van der Waals surface area contributed by atoms with Gasteiger partial charge in [-0.15, -0.1) is 0 Å². The molecule has 0 saturated carbocycles. The Kier molecular flexibility index (Phi) is 7.19. The second-order valence-corrected chi connectivity index (χ2v) is 9.66. The van der Waals surface area contributed by atoms with Crippen LogP contribution < -0.4 is 30.3 Å². The van der Waals surface area contributed by atoms with Gasteiger partial charge in [0.1, 0.15) is 24.3 Å². The number of aromatic nitrogens is 3. The number of pyridine rings is 1. The first-order chi connectivity index (χ1) is 19.1. The van der Waals surface area contributed by atoms with E-state index in [0.717, 1.165) is 29.8 Å². The summed E-state index contributed by atoms with van der Waals surface area (Å²) < 4.78 is 16.7. The molecule has 3 aromatic rings. The van der Waals surface area contributed by atoms with Crippen LogP contribution in [0.3, 0.4) is 0 Å². The third kappa shape index (κ3) is 5.91. The van der Waals surface area contributed by atoms with Gasteiger partial charge in [0.2, 0.25) is 0 Å². The highest BCUT2D eigenvalue weighted by atomic mass is 16.6. The molecule has 0 radical (unpaired) electrons. The fourth-order valence-electron chi connectivity index (χ4n) is 4.56. The molecule has 0 spiro atoms. The summed E-state index contributed by atoms with van der Waals surface area (Å²) in [6, 6.07) is 13.8. The van der Waals surface area contributed by atoms with Gasteiger partial charge < -0.3 is 30.2 Å². The minimum atomic E-state index is -0.459. The molecule has 0 unspecified atom stereocenters. The van der Waals surface area contributed by atoms with Crippen LogP contribution in [0.25, 0.3) is 11.3 Å². The molecule has 6 rings (SSSR count). The van der Waals surface area contributed by atoms with E-state index in [-0.39, 0.29) is 18.6 Å². The number of hydrogen-bond donors (Lipinski definition) is 3. The van der Waals surface area contributed by atoms with Gasteiger partial charge >= 0.3 is 6.09 Å². The van der Waals surface area contributed by atoms with Crippen molar-refractivity contribution >= 4 is 23.6 Å². The number of carbonyl (C=O) groups is 2. The molecule has 1 aromatic carbocycles. The molecule has 2 atom stereocenters. The number of fused-ring (bicyclic) bond motifs is 1. The Hall–Kier alpha value is -4.29. The van der Waals surface area contributed by atoms with Crippen molar-refractivity contribution in [1.29, 1.82) is 0 Å². The number of carbonyl (C=O) groups excluding carboxylic acids is 2. The quantitative estimate of drug-likeness (QED) is 0.333. The average Bonchev–Trinajstić information content (AvgIpc) is 3.30. The number of benzene rings is 1. The Bertz CT molecular complexity index is 1370. The summed E-state index contributed by atoms with van der Waals surface area (Å²) in [5.41, 5.74) is 2.83. The molecule has 3 N–H and O–H groups in total. The lowest BCUT2D eigenvalue weighted by Gasteiger charge is -2.27. The van der Waals surface area contributed by atoms with Crippen LogP contribution in [-0.2, 0) is 16.1 Å². The van der Waals surface area contributed by atoms with Crippen molar-refractivity contribution in [1.82, 2.24) is 25.8 Å². The zero-order chi connectivity index (χ0) is 26.6. The Morgan fingerprint density at radius 2 is 2.10 bits per heavy atom. The number of anilines is 2. The molecule has 2 saturated heterocycles. The SMILES string of the molecule is O=C1COc2ccc(N3C[C@H](CCNCc4cccc(-c5cc(OC[C@@H]6CCN6)cnn5)c4)OC3=O)nc2N1. The van der Waals surface area contributed by atoms with Gasteiger partial charge in [0.25, 0.3) is 5.91 Å². The van der Waals surface area contributed by atoms with Crippen molar-refractivity contribution in [3.05, 3.63) is 54.2 Å². The minimum Gasteiger partial charge on any atom is -0.490 e. The summed E-state index contributed by atoms with van der Waals surface area (Å²) in [5, 5.41) is 17.8. The highest BCUT2D eigenvalue weighted by Gasteiger charge is 2.33. The van der Waals surface area contributed by atoms with Gasteiger partial charge in [-0.2, -0.15) is 10.2 Å². The molecule has 2 amide bonds. The van der Waals surface area contributed by atoms with Crippen LogP contribution in [0.2, 0.25) is 0 Å². The maximum Gasteiger partial charge on any atom is 0.415 e. The monoisotopic (exact) mass is 531 g/mol. The Labute approximate surface area is 225 Å². The van der Waals surface area contributed by atoms with E-state index in [4.69, 9.17) is 14.2 Å². The lowest BCUT2D eigenvalue weighted by Crippen LogP contribution is -2.46. The van der Waals surface area contributed by atoms with E-state index in [9.17, 15) is 9.59 Å². The highest BCUT2D eigenvalue weighted by molar-refractivity contribution is 5.95. The number of hydrogen-bond acceptors (Lipinski definition) is 10. The van der Waals surface area contributed by atoms with Crippen LogP contribution in [-0.4, -0.2) is 72.2 Å². The first kappa shape index (κ1) is 25.0. The van der Waals surface area contributed by atoms with E-state index in [1.165, 1.54) is 4.90 Å². The molecule has 3 aliphatic heterocycles. The first-order valence-electron chi connectivity index (χ1n) is 13.0. The van der Waals surface area contributed by atoms with Crippen molar-refractivity contribution in [2.24, 2.45) is 0 Å². The Balaban J connectivity index is 0.989. The molecule has 3 aliphatic rings. The molecule has 5 heterocycles. The minimum absolute atomic E-state index is 0.0478. The number of nitrogens with one attached hydrogen (secondary N) is 3. The van der Waals surface area contributed by atoms with Crippen LogP contribution >= 0.6 is 0 Å². The van der Waals surface area contributed by atoms with Gasteiger partial charge in [-0.3, -0.25) is 9.69 Å². The standard InChI is InChI=1S/C27H29N7O5/c35-25-16-38-23-4-5-24(31-26(23)32-25)34-14-20(39-27(34)36)7-8-28-12-17-2-1-3-18(10-17)22-11-21(13-30-33-22)37-15-19-6-9-29-19/h1-5,10-11,13,19-20,28-29H,6-9,12,14-16H2,(H,31,32,35)/t19-,20-/m0/s1. The fraction of sp³-hybridized carbons (Fsp3) is 0.370. The first-order valence-corrected chi connectivity index (χ1v) is 13.0. The van der Waals surface area contributed by atoms with Gasteiger partial charge in [-0.25, -0.2) is 9.78 Å². The highest BCUT2D eigenvalue weighted by Crippen LogP contribution is 2.30. The van der Waals surface area contributed by atoms with Gasteiger partial charge in [0, 0.05) is 24.2 Å². The van der Waals surface area contributed by atoms with Crippen LogP contribution in [0.5, 0.6) is 11.5 Å². The van der Waals surface area contributed by atoms with Gasteiger partial charge in [-0.1, -0.05) is 18.2 Å². The Morgan fingerprint density at radius 1 is 1.18 bits per heavy atom. The maximum atomic E-state index is 12.5. The van der Waals surface area contributed by atoms with Gasteiger partial charge in [0.15, 0.2) is 18.2 Å². The van der Waals surface area contributed by atoms with Crippen molar-refractivity contribution in [3.63, 3.8) is 0 Å². The normalized spacial score (nSPS) is 19.9. The third-order valence-electron chi connectivity index (χ3n) is 6.81. The number of cyclic esters (lactones) is 1. The fourth-order valence-corrected chi connectivity index (χ4v) is 4.56. The topological polar surface area (TPSA) is 140 Å². The van der Waals surface area contributed by atoms with E-state index in [1.807, 2.05) is 24.3 Å². The second-order valence-electron chi connectivity index (χ2n) is 9.66. The summed E-state index contributed by atoms with van der Waals surface area (Å²) in [7, 11) is 0. The largest absolute Gasteiger partial charge is 0.490 e. The number of ether oxygens (including phenoxy) is 3. The summed E-state index contributed by atoms with van der Waals surface area (Å²) in [5.74, 6) is 1.62. The number of nitrogens with zero attached hydrogens (tertiary/aromatic N) is 4. The van der Waals surface area contributed by atoms with Gasteiger partial charge in [-0.05, 0) is 49.7 Å². The molecule has 12 heteroatoms. The third-order valence-corrected chi connectivity index (χ3v) is 6.81. The van der Waals surface area contributed by atoms with E-state index in [2.05, 4.69) is 37.2 Å². The molecule has 2 aromatic heterocycles. The van der Waals surface area contributed by atoms with Gasteiger partial charge in [0.05, 0.1) is 18.4 Å². The summed E-state index contributed by atoms with van der Waals surface area (Å²) in [6.45, 7) is 3.32. The van der Waals surface area contributed by atoms with E-state index >= 15 is 0 Å². The molecule has 0 aliphatic carbocycles. The smallest absolute Gasteiger partial charge is 0.415 e. The van der Waals surface area contributed by atoms with Crippen molar-refractivity contribution in [2.45, 2.75) is 31.5 Å². The summed E-state index contributed by atoms with van der Waals surface area (Å²) in [4.78, 5) is 29.9. The molecule has 2 fully saturated rings. The summed E-state index contributed by atoms with van der Waals surface area (Å²) in [6.07, 6.45) is 2.68. The lowest BCUT2D eigenvalue weighted by molar-refractivity contribution is -0.118.